The van der Waals surface area contributed by atoms with E-state index in [1.165, 1.54) is 19.5 Å². The molecular formula is C17H18ClN3O4. The molecule has 2 aromatic rings. The molecule has 1 unspecified atom stereocenters. The van der Waals surface area contributed by atoms with Gasteiger partial charge in [0.2, 0.25) is 11.8 Å². The summed E-state index contributed by atoms with van der Waals surface area (Å²) in [6.07, 6.45) is 3.63. The van der Waals surface area contributed by atoms with Crippen LogP contribution in [0, 0.1) is 0 Å². The maximum Gasteiger partial charge on any atom is 0.260 e. The van der Waals surface area contributed by atoms with Crippen molar-refractivity contribution in [1.82, 2.24) is 14.9 Å². The van der Waals surface area contributed by atoms with Crippen LogP contribution in [0.2, 0.25) is 5.02 Å². The van der Waals surface area contributed by atoms with Crippen LogP contribution in [-0.4, -0.2) is 53.7 Å². The number of aromatic nitrogens is 2. The molecule has 0 bridgehead atoms. The zero-order chi connectivity index (χ0) is 17.6. The third kappa shape index (κ3) is 4.73. The first-order chi connectivity index (χ1) is 12.1. The van der Waals surface area contributed by atoms with Crippen LogP contribution in [0.4, 0.5) is 0 Å². The van der Waals surface area contributed by atoms with E-state index in [0.717, 1.165) is 6.42 Å². The fourth-order valence-electron chi connectivity index (χ4n) is 2.48. The summed E-state index contributed by atoms with van der Waals surface area (Å²) >= 11 is 5.82. The summed E-state index contributed by atoms with van der Waals surface area (Å²) in [5.74, 6) is 1.30. The lowest BCUT2D eigenvalue weighted by atomic mass is 10.3. The lowest BCUT2D eigenvalue weighted by Crippen LogP contribution is -2.34. The Kier molecular flexibility index (Phi) is 5.55. The fraction of sp³-hybridized carbons (Fsp3) is 0.353. The van der Waals surface area contributed by atoms with Gasteiger partial charge in [-0.25, -0.2) is 0 Å². The molecule has 1 aromatic carbocycles. The van der Waals surface area contributed by atoms with E-state index >= 15 is 0 Å². The standard InChI is InChI=1S/C17H18ClN3O4/c1-23-15-8-19-9-16(20-15)25-14-6-7-21(10-14)17(22)11-24-13-4-2-12(18)3-5-13/h2-5,8-9,14H,6-7,10-11H2,1H3. The second kappa shape index (κ2) is 8.02. The number of rotatable bonds is 6. The van der Waals surface area contributed by atoms with Gasteiger partial charge in [-0.2, -0.15) is 4.98 Å². The minimum atomic E-state index is -0.124. The van der Waals surface area contributed by atoms with Gasteiger partial charge in [-0.15, -0.1) is 0 Å². The average molecular weight is 364 g/mol. The second-order valence-corrected chi connectivity index (χ2v) is 5.95. The molecule has 132 valence electrons. The lowest BCUT2D eigenvalue weighted by molar-refractivity contribution is -0.132. The molecule has 0 N–H and O–H groups in total. The normalized spacial score (nSPS) is 16.6. The molecule has 1 aliphatic heterocycles. The van der Waals surface area contributed by atoms with Crippen molar-refractivity contribution in [3.05, 3.63) is 41.7 Å². The molecule has 8 heteroatoms. The van der Waals surface area contributed by atoms with Crippen molar-refractivity contribution in [2.24, 2.45) is 0 Å². The van der Waals surface area contributed by atoms with Gasteiger partial charge in [0.05, 0.1) is 26.0 Å². The van der Waals surface area contributed by atoms with Gasteiger partial charge in [0, 0.05) is 18.0 Å². The van der Waals surface area contributed by atoms with Crippen LogP contribution >= 0.6 is 11.6 Å². The van der Waals surface area contributed by atoms with Crippen molar-refractivity contribution < 1.29 is 19.0 Å². The van der Waals surface area contributed by atoms with E-state index in [-0.39, 0.29) is 18.6 Å². The molecule has 1 aromatic heterocycles. The number of hydrogen-bond donors (Lipinski definition) is 0. The predicted molar refractivity (Wildman–Crippen MR) is 91.1 cm³/mol. The Morgan fingerprint density at radius 3 is 2.80 bits per heavy atom. The van der Waals surface area contributed by atoms with Crippen molar-refractivity contribution >= 4 is 17.5 Å². The van der Waals surface area contributed by atoms with E-state index in [1.807, 2.05) is 0 Å². The van der Waals surface area contributed by atoms with Crippen molar-refractivity contribution in [3.63, 3.8) is 0 Å². The van der Waals surface area contributed by atoms with Gasteiger partial charge in [0.15, 0.2) is 6.61 Å². The number of nitrogens with zero attached hydrogens (tertiary/aromatic N) is 3. The van der Waals surface area contributed by atoms with Gasteiger partial charge in [-0.1, -0.05) is 11.6 Å². The quantitative estimate of drug-likeness (QED) is 0.783. The summed E-state index contributed by atoms with van der Waals surface area (Å²) < 4.78 is 16.3. The molecule has 1 aliphatic rings. The van der Waals surface area contributed by atoms with Gasteiger partial charge >= 0.3 is 0 Å². The maximum absolute atomic E-state index is 12.3. The minimum Gasteiger partial charge on any atom is -0.484 e. The Labute approximate surface area is 150 Å². The third-order valence-electron chi connectivity index (χ3n) is 3.76. The first-order valence-corrected chi connectivity index (χ1v) is 8.20. The Bertz CT molecular complexity index is 726. The predicted octanol–water partition coefficient (Wildman–Crippen LogP) is 2.20. The summed E-state index contributed by atoms with van der Waals surface area (Å²) in [7, 11) is 1.52. The van der Waals surface area contributed by atoms with Crippen molar-refractivity contribution in [1.29, 1.82) is 0 Å². The number of amides is 1. The van der Waals surface area contributed by atoms with E-state index in [0.29, 0.717) is 35.6 Å². The second-order valence-electron chi connectivity index (χ2n) is 5.51. The monoisotopic (exact) mass is 363 g/mol. The molecule has 0 saturated carbocycles. The molecule has 1 amide bonds. The number of methoxy groups -OCH3 is 1. The minimum absolute atomic E-state index is 0.0205. The van der Waals surface area contributed by atoms with E-state index in [4.69, 9.17) is 25.8 Å². The van der Waals surface area contributed by atoms with Crippen LogP contribution in [-0.2, 0) is 4.79 Å². The number of hydrogen-bond acceptors (Lipinski definition) is 6. The van der Waals surface area contributed by atoms with E-state index < -0.39 is 0 Å². The Balaban J connectivity index is 1.48. The molecule has 1 fully saturated rings. The van der Waals surface area contributed by atoms with Gasteiger partial charge in [0.1, 0.15) is 11.9 Å². The van der Waals surface area contributed by atoms with Crippen molar-refractivity contribution in [2.75, 3.05) is 26.8 Å². The summed E-state index contributed by atoms with van der Waals surface area (Å²) in [6.45, 7) is 1.08. The first-order valence-electron chi connectivity index (χ1n) is 7.83. The fourth-order valence-corrected chi connectivity index (χ4v) is 2.60. The van der Waals surface area contributed by atoms with E-state index in [9.17, 15) is 4.79 Å². The van der Waals surface area contributed by atoms with E-state index in [2.05, 4.69) is 9.97 Å². The number of ether oxygens (including phenoxy) is 3. The molecule has 0 spiro atoms. The van der Waals surface area contributed by atoms with E-state index in [1.54, 1.807) is 29.2 Å². The number of halogens is 1. The Morgan fingerprint density at radius 1 is 1.28 bits per heavy atom. The molecule has 25 heavy (non-hydrogen) atoms. The molecule has 1 atom stereocenters. The highest BCUT2D eigenvalue weighted by molar-refractivity contribution is 6.30. The summed E-state index contributed by atoms with van der Waals surface area (Å²) in [5.41, 5.74) is 0. The van der Waals surface area contributed by atoms with Crippen molar-refractivity contribution in [3.8, 4) is 17.5 Å². The zero-order valence-electron chi connectivity index (χ0n) is 13.7. The average Bonchev–Trinajstić information content (AvgIpc) is 3.09. The molecular weight excluding hydrogens is 346 g/mol. The molecule has 0 radical (unpaired) electrons. The molecule has 1 saturated heterocycles. The SMILES string of the molecule is COc1cncc(OC2CCN(C(=O)COc3ccc(Cl)cc3)C2)n1. The number of benzene rings is 1. The smallest absolute Gasteiger partial charge is 0.260 e. The summed E-state index contributed by atoms with van der Waals surface area (Å²) in [6, 6.07) is 6.90. The Morgan fingerprint density at radius 2 is 2.04 bits per heavy atom. The summed E-state index contributed by atoms with van der Waals surface area (Å²) in [5, 5.41) is 0.624. The van der Waals surface area contributed by atoms with Crippen LogP contribution in [0.25, 0.3) is 0 Å². The van der Waals surface area contributed by atoms with Gasteiger partial charge in [0.25, 0.3) is 5.91 Å². The molecule has 2 heterocycles. The molecule has 7 nitrogen and oxygen atoms in total. The highest BCUT2D eigenvalue weighted by Gasteiger charge is 2.28. The number of carbonyl (C=O) groups excluding carboxylic acids is 1. The lowest BCUT2D eigenvalue weighted by Gasteiger charge is -2.17. The van der Waals surface area contributed by atoms with Crippen LogP contribution in [0.1, 0.15) is 6.42 Å². The topological polar surface area (TPSA) is 73.8 Å². The third-order valence-corrected chi connectivity index (χ3v) is 4.01. The largest absolute Gasteiger partial charge is 0.484 e. The first kappa shape index (κ1) is 17.3. The number of likely N-dealkylation sites (tertiary alicyclic amines) is 1. The molecule has 3 rings (SSSR count). The highest BCUT2D eigenvalue weighted by Crippen LogP contribution is 2.19. The molecule has 0 aliphatic carbocycles. The maximum atomic E-state index is 12.3. The summed E-state index contributed by atoms with van der Waals surface area (Å²) in [4.78, 5) is 22.1. The van der Waals surface area contributed by atoms with Crippen LogP contribution in [0.3, 0.4) is 0 Å². The van der Waals surface area contributed by atoms with Gasteiger partial charge in [-0.3, -0.25) is 9.78 Å². The number of carbonyl (C=O) groups is 1. The Hall–Kier alpha value is -2.54. The van der Waals surface area contributed by atoms with Crippen LogP contribution < -0.4 is 14.2 Å². The van der Waals surface area contributed by atoms with Gasteiger partial charge < -0.3 is 19.1 Å². The van der Waals surface area contributed by atoms with Crippen LogP contribution in [0.5, 0.6) is 17.5 Å². The zero-order valence-corrected chi connectivity index (χ0v) is 14.5. The van der Waals surface area contributed by atoms with Gasteiger partial charge in [-0.05, 0) is 24.3 Å². The van der Waals surface area contributed by atoms with Crippen molar-refractivity contribution in [2.45, 2.75) is 12.5 Å². The highest BCUT2D eigenvalue weighted by atomic mass is 35.5. The van der Waals surface area contributed by atoms with Crippen LogP contribution in [0.15, 0.2) is 36.7 Å².